The summed E-state index contributed by atoms with van der Waals surface area (Å²) < 4.78 is 11.8. The van der Waals surface area contributed by atoms with Crippen LogP contribution >= 0.6 is 12.2 Å². The predicted molar refractivity (Wildman–Crippen MR) is 54.1 cm³/mol. The lowest BCUT2D eigenvalue weighted by Crippen LogP contribution is -2.34. The van der Waals surface area contributed by atoms with Crippen LogP contribution in [0, 0.1) is 0 Å². The first-order valence-electron chi connectivity index (χ1n) is 4.27. The van der Waals surface area contributed by atoms with E-state index in [2.05, 4.69) is 11.8 Å². The minimum atomic E-state index is -0.266. The number of thiocarbonyl (C=S) groups is 1. The van der Waals surface area contributed by atoms with Crippen molar-refractivity contribution >= 4 is 17.2 Å². The van der Waals surface area contributed by atoms with Crippen LogP contribution in [0.1, 0.15) is 19.8 Å². The molecule has 0 amide bonds. The van der Waals surface area contributed by atoms with Gasteiger partial charge in [-0.1, -0.05) is 19.1 Å². The smallest absolute Gasteiger partial charge is 0.0906 e. The van der Waals surface area contributed by atoms with Gasteiger partial charge in [-0.05, 0) is 19.4 Å². The summed E-state index contributed by atoms with van der Waals surface area (Å²) in [5, 5.41) is 0. The summed E-state index contributed by atoms with van der Waals surface area (Å²) in [5.74, 6) is 0. The summed E-state index contributed by atoms with van der Waals surface area (Å²) in [7, 11) is 0. The van der Waals surface area contributed by atoms with E-state index in [0.29, 0.717) is 18.0 Å². The molecule has 0 saturated carbocycles. The number of nitrogens with two attached hydrogens (primary N) is 1. The van der Waals surface area contributed by atoms with E-state index >= 15 is 0 Å². The Balaban J connectivity index is 3.61. The zero-order valence-electron chi connectivity index (χ0n) is 7.55. The Morgan fingerprint density at radius 1 is 1.50 bits per heavy atom. The van der Waals surface area contributed by atoms with Crippen molar-refractivity contribution in [2.45, 2.75) is 19.8 Å². The number of alkyl halides is 1. The fourth-order valence-electron chi connectivity index (χ4n) is 1.09. The number of hydrogen-bond donors (Lipinski definition) is 1. The summed E-state index contributed by atoms with van der Waals surface area (Å²) in [5.41, 5.74) is 5.39. The molecule has 0 rings (SSSR count). The zero-order valence-corrected chi connectivity index (χ0v) is 8.37. The molecule has 0 heterocycles. The molecule has 0 aromatic carbocycles. The maximum atomic E-state index is 11.8. The van der Waals surface area contributed by atoms with Gasteiger partial charge in [0.2, 0.25) is 0 Å². The van der Waals surface area contributed by atoms with Gasteiger partial charge in [0, 0.05) is 13.1 Å². The van der Waals surface area contributed by atoms with Crippen molar-refractivity contribution in [1.82, 2.24) is 4.90 Å². The molecule has 0 aromatic rings. The zero-order chi connectivity index (χ0) is 9.40. The first-order valence-corrected chi connectivity index (χ1v) is 4.68. The molecule has 0 bridgehead atoms. The maximum absolute atomic E-state index is 11.8. The van der Waals surface area contributed by atoms with Gasteiger partial charge < -0.3 is 5.73 Å². The van der Waals surface area contributed by atoms with Crippen molar-refractivity contribution in [3.8, 4) is 0 Å². The third-order valence-electron chi connectivity index (χ3n) is 1.53. The first-order chi connectivity index (χ1) is 5.70. The maximum Gasteiger partial charge on any atom is 0.0906 e. The molecule has 0 atom stereocenters. The molecule has 4 heteroatoms. The van der Waals surface area contributed by atoms with Gasteiger partial charge in [0.1, 0.15) is 0 Å². The Bertz CT molecular complexity index is 130. The van der Waals surface area contributed by atoms with Gasteiger partial charge in [-0.2, -0.15) is 0 Å². The van der Waals surface area contributed by atoms with Crippen molar-refractivity contribution < 1.29 is 4.39 Å². The molecule has 0 radical (unpaired) electrons. The van der Waals surface area contributed by atoms with E-state index in [1.165, 1.54) is 0 Å². The summed E-state index contributed by atoms with van der Waals surface area (Å²) >= 11 is 4.78. The summed E-state index contributed by atoms with van der Waals surface area (Å²) in [6, 6.07) is 0. The van der Waals surface area contributed by atoms with Crippen LogP contribution < -0.4 is 5.73 Å². The Hall–Kier alpha value is -0.220. The molecule has 12 heavy (non-hydrogen) atoms. The van der Waals surface area contributed by atoms with Gasteiger partial charge in [-0.15, -0.1) is 0 Å². The molecular weight excluding hydrogens is 175 g/mol. The largest absolute Gasteiger partial charge is 0.392 e. The standard InChI is InChI=1S/C8H17FN2S/c1-2-5-11(6-3-4-9)7-8(10)12/h2-7H2,1H3,(H2,10,12). The molecule has 72 valence electrons. The second-order valence-corrected chi connectivity index (χ2v) is 3.31. The average Bonchev–Trinajstić information content (AvgIpc) is 2.00. The Kier molecular flexibility index (Phi) is 7.29. The van der Waals surface area contributed by atoms with E-state index in [4.69, 9.17) is 18.0 Å². The number of nitrogens with zero attached hydrogens (tertiary/aromatic N) is 1. The van der Waals surface area contributed by atoms with Crippen molar-refractivity contribution in [2.24, 2.45) is 5.73 Å². The van der Waals surface area contributed by atoms with Crippen LogP contribution in [0.5, 0.6) is 0 Å². The van der Waals surface area contributed by atoms with E-state index in [1.54, 1.807) is 0 Å². The van der Waals surface area contributed by atoms with Gasteiger partial charge in [-0.25, -0.2) is 0 Å². The summed E-state index contributed by atoms with van der Waals surface area (Å²) in [6.07, 6.45) is 1.62. The van der Waals surface area contributed by atoms with Crippen LogP contribution in [0.15, 0.2) is 0 Å². The molecule has 0 spiro atoms. The van der Waals surface area contributed by atoms with Gasteiger partial charge >= 0.3 is 0 Å². The number of halogens is 1. The van der Waals surface area contributed by atoms with Crippen molar-refractivity contribution in [2.75, 3.05) is 26.3 Å². The lowest BCUT2D eigenvalue weighted by molar-refractivity contribution is 0.291. The lowest BCUT2D eigenvalue weighted by atomic mass is 10.3. The van der Waals surface area contributed by atoms with E-state index in [-0.39, 0.29) is 6.67 Å². The molecule has 0 unspecified atom stereocenters. The average molecular weight is 192 g/mol. The molecular formula is C8H17FN2S. The molecule has 0 aliphatic heterocycles. The Morgan fingerprint density at radius 2 is 2.17 bits per heavy atom. The topological polar surface area (TPSA) is 29.3 Å². The number of hydrogen-bond acceptors (Lipinski definition) is 2. The van der Waals surface area contributed by atoms with Gasteiger partial charge in [0.05, 0.1) is 11.7 Å². The van der Waals surface area contributed by atoms with Crippen LogP contribution in [0.4, 0.5) is 4.39 Å². The van der Waals surface area contributed by atoms with Crippen LogP contribution in [0.25, 0.3) is 0 Å². The highest BCUT2D eigenvalue weighted by atomic mass is 32.1. The molecule has 0 saturated heterocycles. The van der Waals surface area contributed by atoms with Crippen LogP contribution in [0.2, 0.25) is 0 Å². The lowest BCUT2D eigenvalue weighted by Gasteiger charge is -2.19. The summed E-state index contributed by atoms with van der Waals surface area (Å²) in [4.78, 5) is 2.57. The third kappa shape index (κ3) is 6.49. The van der Waals surface area contributed by atoms with Crippen LogP contribution in [-0.2, 0) is 0 Å². The van der Waals surface area contributed by atoms with E-state index in [9.17, 15) is 4.39 Å². The van der Waals surface area contributed by atoms with E-state index in [0.717, 1.165) is 19.5 Å². The quantitative estimate of drug-likeness (QED) is 0.617. The molecule has 0 aromatic heterocycles. The molecule has 0 aliphatic rings. The minimum absolute atomic E-state index is 0.266. The second-order valence-electron chi connectivity index (χ2n) is 2.78. The van der Waals surface area contributed by atoms with Crippen LogP contribution in [0.3, 0.4) is 0 Å². The van der Waals surface area contributed by atoms with E-state index < -0.39 is 0 Å². The SMILES string of the molecule is CCCN(CCCF)CC(N)=S. The van der Waals surface area contributed by atoms with Gasteiger partial charge in [0.15, 0.2) is 0 Å². The second kappa shape index (κ2) is 7.43. The Labute approximate surface area is 78.9 Å². The molecule has 2 N–H and O–H groups in total. The molecule has 0 aliphatic carbocycles. The highest BCUT2D eigenvalue weighted by molar-refractivity contribution is 7.80. The third-order valence-corrected chi connectivity index (χ3v) is 1.66. The van der Waals surface area contributed by atoms with E-state index in [1.807, 2.05) is 0 Å². The van der Waals surface area contributed by atoms with Crippen molar-refractivity contribution in [3.63, 3.8) is 0 Å². The molecule has 0 fully saturated rings. The van der Waals surface area contributed by atoms with Gasteiger partial charge in [-0.3, -0.25) is 9.29 Å². The fraction of sp³-hybridized carbons (Fsp3) is 0.875. The minimum Gasteiger partial charge on any atom is -0.392 e. The van der Waals surface area contributed by atoms with Gasteiger partial charge in [0.25, 0.3) is 0 Å². The van der Waals surface area contributed by atoms with Crippen LogP contribution in [-0.4, -0.2) is 36.2 Å². The monoisotopic (exact) mass is 192 g/mol. The fourth-order valence-corrected chi connectivity index (χ4v) is 1.27. The predicted octanol–water partition coefficient (Wildman–Crippen LogP) is 1.34. The normalized spacial score (nSPS) is 10.6. The highest BCUT2D eigenvalue weighted by Crippen LogP contribution is 1.94. The van der Waals surface area contributed by atoms with Crippen molar-refractivity contribution in [1.29, 1.82) is 0 Å². The summed E-state index contributed by atoms with van der Waals surface area (Å²) in [6.45, 7) is 4.13. The Morgan fingerprint density at radius 3 is 2.58 bits per heavy atom. The number of rotatable bonds is 7. The first kappa shape index (κ1) is 11.8. The molecule has 2 nitrogen and oxygen atoms in total. The highest BCUT2D eigenvalue weighted by Gasteiger charge is 2.03. The van der Waals surface area contributed by atoms with Crippen molar-refractivity contribution in [3.05, 3.63) is 0 Å².